The zero-order valence-corrected chi connectivity index (χ0v) is 38.4. The van der Waals surface area contributed by atoms with Gasteiger partial charge in [-0.05, 0) is 51.4 Å². The number of phosphoric ester groups is 1. The van der Waals surface area contributed by atoms with E-state index in [1.807, 2.05) is 0 Å². The first-order valence-corrected chi connectivity index (χ1v) is 25.5. The van der Waals surface area contributed by atoms with Crippen LogP contribution in [0.1, 0.15) is 226 Å². The molecule has 0 radical (unpaired) electrons. The Morgan fingerprint density at radius 3 is 1.33 bits per heavy atom. The van der Waals surface area contributed by atoms with Crippen molar-refractivity contribution in [1.82, 2.24) is 0 Å². The first-order valence-electron chi connectivity index (χ1n) is 24.0. The topological polar surface area (TPSA) is 134 Å². The molecule has 2 unspecified atom stereocenters. The minimum Gasteiger partial charge on any atom is -0.462 e. The maximum absolute atomic E-state index is 12.6. The Bertz CT molecular complexity index is 1050. The van der Waals surface area contributed by atoms with Gasteiger partial charge in [0.2, 0.25) is 0 Å². The number of carbonyl (C=O) groups excluding carboxylic acids is 2. The molecule has 0 aliphatic carbocycles. The van der Waals surface area contributed by atoms with Gasteiger partial charge in [0.1, 0.15) is 6.61 Å². The van der Waals surface area contributed by atoms with Crippen LogP contribution in [0.4, 0.5) is 0 Å². The van der Waals surface area contributed by atoms with Crippen molar-refractivity contribution in [1.29, 1.82) is 0 Å². The van der Waals surface area contributed by atoms with Gasteiger partial charge < -0.3 is 20.1 Å². The highest BCUT2D eigenvalue weighted by molar-refractivity contribution is 7.47. The van der Waals surface area contributed by atoms with Crippen LogP contribution >= 0.6 is 7.82 Å². The van der Waals surface area contributed by atoms with E-state index in [0.717, 1.165) is 57.8 Å². The average Bonchev–Trinajstić information content (AvgIpc) is 3.21. The molecule has 0 bridgehead atoms. The maximum atomic E-state index is 12.6. The molecule has 0 aromatic rings. The van der Waals surface area contributed by atoms with Gasteiger partial charge in [0.05, 0.1) is 13.2 Å². The van der Waals surface area contributed by atoms with Gasteiger partial charge >= 0.3 is 19.8 Å². The fourth-order valence-corrected chi connectivity index (χ4v) is 7.47. The summed E-state index contributed by atoms with van der Waals surface area (Å²) in [6.07, 6.45) is 50.3. The summed E-state index contributed by atoms with van der Waals surface area (Å²) in [5.74, 6) is -0.829. The number of rotatable bonds is 45. The predicted octanol–water partition coefficient (Wildman–Crippen LogP) is 14.1. The van der Waals surface area contributed by atoms with Crippen LogP contribution in [0.5, 0.6) is 0 Å². The Morgan fingerprint density at radius 1 is 0.517 bits per heavy atom. The van der Waals surface area contributed by atoms with Crippen LogP contribution in [0.15, 0.2) is 36.5 Å². The molecule has 0 heterocycles. The lowest BCUT2D eigenvalue weighted by Crippen LogP contribution is -2.29. The largest absolute Gasteiger partial charge is 0.472 e. The van der Waals surface area contributed by atoms with Gasteiger partial charge in [-0.25, -0.2) is 4.57 Å². The van der Waals surface area contributed by atoms with Crippen LogP contribution < -0.4 is 5.73 Å². The Morgan fingerprint density at radius 2 is 0.897 bits per heavy atom. The number of nitrogens with two attached hydrogens (primary N) is 1. The van der Waals surface area contributed by atoms with E-state index in [2.05, 4.69) is 50.3 Å². The fourth-order valence-electron chi connectivity index (χ4n) is 6.70. The molecule has 0 aliphatic rings. The summed E-state index contributed by atoms with van der Waals surface area (Å²) in [6, 6.07) is 0. The molecule has 0 fully saturated rings. The molecule has 340 valence electrons. The van der Waals surface area contributed by atoms with Crippen LogP contribution in [0, 0.1) is 0 Å². The molecule has 0 saturated heterocycles. The monoisotopic (exact) mass is 840 g/mol. The lowest BCUT2D eigenvalue weighted by atomic mass is 10.0. The number of carbonyl (C=O) groups is 2. The van der Waals surface area contributed by atoms with Gasteiger partial charge in [0.25, 0.3) is 0 Å². The molecule has 0 aromatic carbocycles. The van der Waals surface area contributed by atoms with Gasteiger partial charge in [-0.2, -0.15) is 0 Å². The third kappa shape index (κ3) is 43.8. The maximum Gasteiger partial charge on any atom is 0.472 e. The molecular formula is C48H90NO8P. The van der Waals surface area contributed by atoms with E-state index >= 15 is 0 Å². The smallest absolute Gasteiger partial charge is 0.462 e. The van der Waals surface area contributed by atoms with Crippen molar-refractivity contribution in [2.45, 2.75) is 232 Å². The molecule has 0 aliphatic heterocycles. The van der Waals surface area contributed by atoms with Crippen molar-refractivity contribution < 1.29 is 37.6 Å². The molecule has 9 nitrogen and oxygen atoms in total. The van der Waals surface area contributed by atoms with Gasteiger partial charge in [-0.3, -0.25) is 18.6 Å². The number of phosphoric acid groups is 1. The van der Waals surface area contributed by atoms with E-state index in [0.29, 0.717) is 6.42 Å². The van der Waals surface area contributed by atoms with Crippen LogP contribution in [-0.4, -0.2) is 49.3 Å². The SMILES string of the molecule is CCCCCCC/C=C\C/C=C\C/C=C\CCCCCCCCCCC(=O)OC(COC(=O)CCCCCCCCCCCCCCCC)COP(=O)(O)OCCN. The van der Waals surface area contributed by atoms with Crippen LogP contribution in [-0.2, 0) is 32.7 Å². The molecule has 3 N–H and O–H groups in total. The van der Waals surface area contributed by atoms with Crippen molar-refractivity contribution in [2.75, 3.05) is 26.4 Å². The van der Waals surface area contributed by atoms with Gasteiger partial charge in [0, 0.05) is 19.4 Å². The van der Waals surface area contributed by atoms with Crippen molar-refractivity contribution in [3.8, 4) is 0 Å². The summed E-state index contributed by atoms with van der Waals surface area (Å²) in [5, 5.41) is 0. The highest BCUT2D eigenvalue weighted by Gasteiger charge is 2.26. The van der Waals surface area contributed by atoms with Crippen molar-refractivity contribution >= 4 is 19.8 Å². The van der Waals surface area contributed by atoms with Crippen molar-refractivity contribution in [3.63, 3.8) is 0 Å². The third-order valence-electron chi connectivity index (χ3n) is 10.3. The highest BCUT2D eigenvalue weighted by atomic mass is 31.2. The summed E-state index contributed by atoms with van der Waals surface area (Å²) < 4.78 is 32.8. The molecule has 0 spiro atoms. The van der Waals surface area contributed by atoms with E-state index in [1.54, 1.807) is 0 Å². The molecule has 0 rings (SSSR count). The van der Waals surface area contributed by atoms with Crippen molar-refractivity contribution in [2.24, 2.45) is 5.73 Å². The highest BCUT2D eigenvalue weighted by Crippen LogP contribution is 2.43. The van der Waals surface area contributed by atoms with E-state index in [-0.39, 0.29) is 38.6 Å². The summed E-state index contributed by atoms with van der Waals surface area (Å²) in [7, 11) is -4.38. The second kappa shape index (κ2) is 44.8. The number of hydrogen-bond donors (Lipinski definition) is 2. The van der Waals surface area contributed by atoms with Gasteiger partial charge in [0.15, 0.2) is 6.10 Å². The van der Waals surface area contributed by atoms with Gasteiger partial charge in [-0.15, -0.1) is 0 Å². The average molecular weight is 840 g/mol. The number of allylic oxidation sites excluding steroid dienone is 6. The molecule has 2 atom stereocenters. The zero-order valence-electron chi connectivity index (χ0n) is 37.5. The standard InChI is InChI=1S/C48H90NO8P/c1-3-5-7-9-11-13-15-17-19-20-21-22-23-24-25-26-27-29-31-33-35-37-39-41-48(51)57-46(45-56-58(52,53)55-43-42-49)44-54-47(50)40-38-36-34-32-30-28-18-16-14-12-10-8-6-4-2/h15,17,20-21,23-24,46H,3-14,16,18-19,22,25-45,49H2,1-2H3,(H,52,53)/b17-15-,21-20-,24-23-. The lowest BCUT2D eigenvalue weighted by molar-refractivity contribution is -0.161. The van der Waals surface area contributed by atoms with Crippen molar-refractivity contribution in [3.05, 3.63) is 36.5 Å². The predicted molar refractivity (Wildman–Crippen MR) is 243 cm³/mol. The minimum absolute atomic E-state index is 0.0527. The first-order chi connectivity index (χ1) is 28.3. The summed E-state index contributed by atoms with van der Waals surface area (Å²) in [6.45, 7) is 3.74. The number of esters is 2. The molecule has 58 heavy (non-hydrogen) atoms. The normalized spacial score (nSPS) is 13.5. The number of ether oxygens (including phenoxy) is 2. The number of hydrogen-bond acceptors (Lipinski definition) is 8. The minimum atomic E-state index is -4.38. The molecule has 0 aromatic heterocycles. The molecule has 0 amide bonds. The molecule has 10 heteroatoms. The number of unbranched alkanes of at least 4 members (excludes halogenated alkanes) is 26. The fraction of sp³-hybridized carbons (Fsp3) is 0.833. The zero-order chi connectivity index (χ0) is 42.5. The van der Waals surface area contributed by atoms with Gasteiger partial charge in [-0.1, -0.05) is 198 Å². The van der Waals surface area contributed by atoms with Crippen LogP contribution in [0.25, 0.3) is 0 Å². The second-order valence-electron chi connectivity index (χ2n) is 16.0. The summed E-state index contributed by atoms with van der Waals surface area (Å²) in [5.41, 5.74) is 5.36. The Hall–Kier alpha value is -1.77. The third-order valence-corrected chi connectivity index (χ3v) is 11.3. The van der Waals surface area contributed by atoms with E-state index in [1.165, 1.54) is 135 Å². The Balaban J connectivity index is 4.08. The molecular weight excluding hydrogens is 750 g/mol. The van der Waals surface area contributed by atoms with E-state index < -0.39 is 26.5 Å². The quantitative estimate of drug-likeness (QED) is 0.0266. The van der Waals surface area contributed by atoms with Crippen LogP contribution in [0.2, 0.25) is 0 Å². The summed E-state index contributed by atoms with van der Waals surface area (Å²) in [4.78, 5) is 34.9. The Labute approximate surface area is 356 Å². The lowest BCUT2D eigenvalue weighted by Gasteiger charge is -2.19. The molecule has 0 saturated carbocycles. The Kier molecular flexibility index (Phi) is 43.4. The second-order valence-corrected chi connectivity index (χ2v) is 17.4. The van der Waals surface area contributed by atoms with Crippen LogP contribution in [0.3, 0.4) is 0 Å². The van der Waals surface area contributed by atoms with E-state index in [9.17, 15) is 19.0 Å². The first kappa shape index (κ1) is 56.2. The van der Waals surface area contributed by atoms with E-state index in [4.69, 9.17) is 24.3 Å². The summed E-state index contributed by atoms with van der Waals surface area (Å²) >= 11 is 0.